The summed E-state index contributed by atoms with van der Waals surface area (Å²) in [5, 5.41) is 2.78. The molecule has 0 radical (unpaired) electrons. The Kier molecular flexibility index (Phi) is 4.86. The fourth-order valence-corrected chi connectivity index (χ4v) is 4.16. The van der Waals surface area contributed by atoms with Crippen molar-refractivity contribution in [2.24, 2.45) is 5.92 Å². The zero-order valence-electron chi connectivity index (χ0n) is 15.6. The fraction of sp³-hybridized carbons (Fsp3) is 0.684. The monoisotopic (exact) mass is 360 g/mol. The number of amides is 1. The van der Waals surface area contributed by atoms with Gasteiger partial charge in [0.2, 0.25) is 11.8 Å². The maximum absolute atomic E-state index is 12.2. The summed E-state index contributed by atoms with van der Waals surface area (Å²) in [7, 11) is 3.36. The molecule has 1 aromatic rings. The Morgan fingerprint density at radius 3 is 2.92 bits per heavy atom. The molecule has 1 atom stereocenters. The number of ether oxygens (including phenoxy) is 2. The third-order valence-electron chi connectivity index (χ3n) is 5.68. The molecule has 2 saturated heterocycles. The van der Waals surface area contributed by atoms with Crippen LogP contribution in [0.4, 0.5) is 0 Å². The van der Waals surface area contributed by atoms with Gasteiger partial charge in [-0.2, -0.15) is 0 Å². The summed E-state index contributed by atoms with van der Waals surface area (Å²) in [5.74, 6) is 1.51. The molecule has 3 aliphatic rings. The van der Waals surface area contributed by atoms with Crippen LogP contribution in [0.5, 0.6) is 5.88 Å². The van der Waals surface area contributed by atoms with Crippen LogP contribution < -0.4 is 10.1 Å². The first kappa shape index (κ1) is 17.7. The Labute approximate surface area is 154 Å². The number of aromatic nitrogens is 1. The molecular formula is C19H28N4O3. The zero-order valence-corrected chi connectivity index (χ0v) is 15.6. The van der Waals surface area contributed by atoms with E-state index in [0.717, 1.165) is 44.2 Å². The largest absolute Gasteiger partial charge is 0.481 e. The summed E-state index contributed by atoms with van der Waals surface area (Å²) in [6, 6.07) is 3.84. The van der Waals surface area contributed by atoms with E-state index >= 15 is 0 Å². The number of carbonyl (C=O) groups is 1. The van der Waals surface area contributed by atoms with E-state index in [0.29, 0.717) is 12.5 Å². The summed E-state index contributed by atoms with van der Waals surface area (Å²) in [4.78, 5) is 21.2. The average Bonchev–Trinajstić information content (AvgIpc) is 3.44. The Morgan fingerprint density at radius 1 is 1.42 bits per heavy atom. The lowest BCUT2D eigenvalue weighted by molar-refractivity contribution is -0.203. The first-order chi connectivity index (χ1) is 12.6. The van der Waals surface area contributed by atoms with Gasteiger partial charge in [-0.3, -0.25) is 14.6 Å². The minimum absolute atomic E-state index is 0.0665. The van der Waals surface area contributed by atoms with Gasteiger partial charge in [0, 0.05) is 51.5 Å². The van der Waals surface area contributed by atoms with Crippen LogP contribution in [0.25, 0.3) is 0 Å². The highest BCUT2D eigenvalue weighted by atomic mass is 16.5. The SMILES string of the molecule is CNC(=O)[C@H]1COC2(CN(Cc3cccnc3OC)C2)CN1CC1CC1. The third kappa shape index (κ3) is 3.56. The zero-order chi connectivity index (χ0) is 18.1. The van der Waals surface area contributed by atoms with Crippen molar-refractivity contribution in [1.29, 1.82) is 0 Å². The van der Waals surface area contributed by atoms with E-state index in [1.165, 1.54) is 12.8 Å². The van der Waals surface area contributed by atoms with Crippen LogP contribution in [0.2, 0.25) is 0 Å². The maximum Gasteiger partial charge on any atom is 0.239 e. The molecule has 1 N–H and O–H groups in total. The van der Waals surface area contributed by atoms with E-state index in [1.54, 1.807) is 20.4 Å². The van der Waals surface area contributed by atoms with Crippen molar-refractivity contribution < 1.29 is 14.3 Å². The number of nitrogens with zero attached hydrogens (tertiary/aromatic N) is 3. The predicted octanol–water partition coefficient (Wildman–Crippen LogP) is 0.501. The Morgan fingerprint density at radius 2 is 2.23 bits per heavy atom. The van der Waals surface area contributed by atoms with Crippen molar-refractivity contribution in [1.82, 2.24) is 20.1 Å². The number of carbonyl (C=O) groups excluding carboxylic acids is 1. The van der Waals surface area contributed by atoms with E-state index in [4.69, 9.17) is 9.47 Å². The van der Waals surface area contributed by atoms with Crippen LogP contribution >= 0.6 is 0 Å². The van der Waals surface area contributed by atoms with Gasteiger partial charge in [-0.25, -0.2) is 4.98 Å². The number of pyridine rings is 1. The van der Waals surface area contributed by atoms with E-state index in [1.807, 2.05) is 6.07 Å². The van der Waals surface area contributed by atoms with Crippen molar-refractivity contribution >= 4 is 5.91 Å². The molecule has 1 spiro atoms. The second-order valence-electron chi connectivity index (χ2n) is 7.81. The van der Waals surface area contributed by atoms with Gasteiger partial charge in [-0.15, -0.1) is 0 Å². The summed E-state index contributed by atoms with van der Waals surface area (Å²) >= 11 is 0. The van der Waals surface area contributed by atoms with E-state index in [2.05, 4.69) is 26.2 Å². The van der Waals surface area contributed by atoms with Gasteiger partial charge >= 0.3 is 0 Å². The van der Waals surface area contributed by atoms with Gasteiger partial charge < -0.3 is 14.8 Å². The standard InChI is InChI=1S/C19H28N4O3/c1-20-17(24)16-10-26-19(13-23(16)8-14-5-6-14)11-22(12-19)9-15-4-3-7-21-18(15)25-2/h3-4,7,14,16H,5-6,8-13H2,1-2H3,(H,20,24)/t16-/m1/s1. The number of hydrogen-bond donors (Lipinski definition) is 1. The van der Waals surface area contributed by atoms with E-state index in [-0.39, 0.29) is 17.6 Å². The number of morpholine rings is 1. The van der Waals surface area contributed by atoms with E-state index in [9.17, 15) is 4.79 Å². The minimum Gasteiger partial charge on any atom is -0.481 e. The number of nitrogens with one attached hydrogen (secondary N) is 1. The smallest absolute Gasteiger partial charge is 0.239 e. The van der Waals surface area contributed by atoms with Crippen molar-refractivity contribution in [2.45, 2.75) is 31.0 Å². The van der Waals surface area contributed by atoms with Gasteiger partial charge in [0.1, 0.15) is 11.6 Å². The number of rotatable bonds is 6. The predicted molar refractivity (Wildman–Crippen MR) is 96.9 cm³/mol. The van der Waals surface area contributed by atoms with Gasteiger partial charge in [-0.05, 0) is 24.8 Å². The van der Waals surface area contributed by atoms with Gasteiger partial charge in [-0.1, -0.05) is 6.07 Å². The van der Waals surface area contributed by atoms with E-state index < -0.39 is 0 Å². The molecule has 2 aliphatic heterocycles. The molecule has 0 aromatic carbocycles. The first-order valence-electron chi connectivity index (χ1n) is 9.42. The van der Waals surface area contributed by atoms with Crippen LogP contribution in [0, 0.1) is 5.92 Å². The lowest BCUT2D eigenvalue weighted by Gasteiger charge is -2.55. The highest BCUT2D eigenvalue weighted by molar-refractivity contribution is 5.81. The lowest BCUT2D eigenvalue weighted by atomic mass is 9.89. The normalized spacial score (nSPS) is 25.7. The molecule has 1 aromatic heterocycles. The molecule has 26 heavy (non-hydrogen) atoms. The second-order valence-corrected chi connectivity index (χ2v) is 7.81. The molecule has 0 unspecified atom stereocenters. The minimum atomic E-state index is -0.154. The highest BCUT2D eigenvalue weighted by Crippen LogP contribution is 2.36. The molecule has 142 valence electrons. The van der Waals surface area contributed by atoms with Crippen molar-refractivity contribution in [2.75, 3.05) is 46.9 Å². The van der Waals surface area contributed by atoms with Crippen molar-refractivity contribution in [3.8, 4) is 5.88 Å². The quantitative estimate of drug-likeness (QED) is 0.797. The molecule has 3 heterocycles. The molecule has 3 fully saturated rings. The number of likely N-dealkylation sites (tertiary alicyclic amines) is 1. The summed E-state index contributed by atoms with van der Waals surface area (Å²) in [6.45, 7) is 4.90. The number of methoxy groups -OCH3 is 1. The third-order valence-corrected chi connectivity index (χ3v) is 5.68. The number of hydrogen-bond acceptors (Lipinski definition) is 6. The summed E-state index contributed by atoms with van der Waals surface area (Å²) in [6.07, 6.45) is 4.33. The molecule has 7 heteroatoms. The fourth-order valence-electron chi connectivity index (χ4n) is 4.16. The Bertz CT molecular complexity index is 658. The van der Waals surface area contributed by atoms with Crippen LogP contribution in [-0.2, 0) is 16.1 Å². The second kappa shape index (κ2) is 7.13. The van der Waals surface area contributed by atoms with Crippen LogP contribution in [0.15, 0.2) is 18.3 Å². The van der Waals surface area contributed by atoms with Gasteiger partial charge in [0.15, 0.2) is 0 Å². The molecule has 7 nitrogen and oxygen atoms in total. The molecule has 0 bridgehead atoms. The molecule has 1 aliphatic carbocycles. The average molecular weight is 360 g/mol. The van der Waals surface area contributed by atoms with Crippen molar-refractivity contribution in [3.05, 3.63) is 23.9 Å². The molecular weight excluding hydrogens is 332 g/mol. The van der Waals surface area contributed by atoms with Crippen LogP contribution in [0.3, 0.4) is 0 Å². The van der Waals surface area contributed by atoms with Gasteiger partial charge in [0.25, 0.3) is 0 Å². The Balaban J connectivity index is 1.37. The van der Waals surface area contributed by atoms with Crippen molar-refractivity contribution in [3.63, 3.8) is 0 Å². The highest BCUT2D eigenvalue weighted by Gasteiger charge is 2.51. The molecule has 1 saturated carbocycles. The van der Waals surface area contributed by atoms with Crippen LogP contribution in [0.1, 0.15) is 18.4 Å². The Hall–Kier alpha value is -1.70. The number of likely N-dealkylation sites (N-methyl/N-ethyl adjacent to an activating group) is 1. The topological polar surface area (TPSA) is 66.9 Å². The van der Waals surface area contributed by atoms with Gasteiger partial charge in [0.05, 0.1) is 13.7 Å². The lowest BCUT2D eigenvalue weighted by Crippen LogP contribution is -2.72. The first-order valence-corrected chi connectivity index (χ1v) is 9.42. The summed E-state index contributed by atoms with van der Waals surface area (Å²) < 4.78 is 11.6. The van der Waals surface area contributed by atoms with Crippen LogP contribution in [-0.4, -0.2) is 79.3 Å². The molecule has 1 amide bonds. The molecule has 4 rings (SSSR count). The maximum atomic E-state index is 12.2. The summed E-state index contributed by atoms with van der Waals surface area (Å²) in [5.41, 5.74) is 0.952.